The summed E-state index contributed by atoms with van der Waals surface area (Å²) in [5.41, 5.74) is 0.0520. The fraction of sp³-hybridized carbons (Fsp3) is 0.500. The van der Waals surface area contributed by atoms with Crippen molar-refractivity contribution in [3.05, 3.63) is 63.3 Å². The maximum absolute atomic E-state index is 13.4. The van der Waals surface area contributed by atoms with Crippen LogP contribution >= 0.6 is 0 Å². The molecule has 0 saturated carbocycles. The van der Waals surface area contributed by atoms with E-state index in [-0.39, 0.29) is 11.3 Å². The van der Waals surface area contributed by atoms with Gasteiger partial charge in [-0.2, -0.15) is 17.6 Å². The fourth-order valence-electron chi connectivity index (χ4n) is 4.18. The molecule has 1 N–H and O–H groups in total. The lowest BCUT2D eigenvalue weighted by atomic mass is 10.2. The minimum absolute atomic E-state index is 0.282. The van der Waals surface area contributed by atoms with Gasteiger partial charge in [0.2, 0.25) is 0 Å². The van der Waals surface area contributed by atoms with Crippen molar-refractivity contribution in [2.24, 2.45) is 14.1 Å². The van der Waals surface area contributed by atoms with E-state index in [1.807, 2.05) is 4.90 Å². The number of para-hydroxylation sites is 2. The van der Waals surface area contributed by atoms with Crippen LogP contribution in [0.1, 0.15) is 12.0 Å². The van der Waals surface area contributed by atoms with Crippen molar-refractivity contribution < 1.29 is 22.3 Å². The largest absolute Gasteiger partial charge is 0.461 e. The van der Waals surface area contributed by atoms with Crippen molar-refractivity contribution in [3.8, 4) is 5.75 Å². The molecule has 1 aromatic heterocycles. The molecule has 0 amide bonds. The van der Waals surface area contributed by atoms with Gasteiger partial charge in [0, 0.05) is 46.8 Å². The highest BCUT2D eigenvalue weighted by Crippen LogP contribution is 2.35. The first kappa shape index (κ1) is 27.3. The van der Waals surface area contributed by atoms with Crippen LogP contribution in [0.4, 0.5) is 29.1 Å². The Bertz CT molecular complexity index is 1170. The first-order chi connectivity index (χ1) is 17.1. The van der Waals surface area contributed by atoms with Crippen LogP contribution in [0.5, 0.6) is 5.75 Å². The van der Waals surface area contributed by atoms with Gasteiger partial charge in [-0.05, 0) is 31.5 Å². The number of nitrogens with one attached hydrogen (secondary N) is 1. The van der Waals surface area contributed by atoms with Gasteiger partial charge in [-0.3, -0.25) is 18.8 Å². The molecule has 1 fully saturated rings. The Morgan fingerprint density at radius 2 is 1.78 bits per heavy atom. The summed E-state index contributed by atoms with van der Waals surface area (Å²) >= 11 is 0. The van der Waals surface area contributed by atoms with E-state index < -0.39 is 18.2 Å². The average Bonchev–Trinajstić information content (AvgIpc) is 2.86. The molecule has 2 heterocycles. The number of anilines is 2. The number of allylic oxidation sites excluding steroid dienone is 1. The summed E-state index contributed by atoms with van der Waals surface area (Å²) in [6.07, 6.45) is -5.81. The van der Waals surface area contributed by atoms with Crippen LogP contribution in [0.15, 0.2) is 46.5 Å². The van der Waals surface area contributed by atoms with Crippen LogP contribution in [0.25, 0.3) is 0 Å². The standard InChI is InChI=1S/C24H31F4N5O3/c1-4-8-17-20(30(2)23(35)31(3)21(17)34)29-11-7-12-32-13-15-33(16-14-32)18-9-5-6-10-19(18)36-24(27,28)22(25)26/h4-6,9-10,22,29H,1,7-8,11-16H2,2-3H3. The summed E-state index contributed by atoms with van der Waals surface area (Å²) in [6.45, 7) is 7.27. The average molecular weight is 514 g/mol. The second-order valence-electron chi connectivity index (χ2n) is 8.57. The zero-order chi connectivity index (χ0) is 26.5. The summed E-state index contributed by atoms with van der Waals surface area (Å²) < 4.78 is 58.9. The Kier molecular flexibility index (Phi) is 8.83. The van der Waals surface area contributed by atoms with E-state index in [9.17, 15) is 27.2 Å². The maximum atomic E-state index is 13.4. The van der Waals surface area contributed by atoms with E-state index in [1.165, 1.54) is 23.7 Å². The molecule has 198 valence electrons. The molecule has 1 saturated heterocycles. The van der Waals surface area contributed by atoms with Crippen molar-refractivity contribution in [1.29, 1.82) is 0 Å². The fourth-order valence-corrected chi connectivity index (χ4v) is 4.18. The monoisotopic (exact) mass is 513 g/mol. The number of alkyl halides is 4. The van der Waals surface area contributed by atoms with Crippen LogP contribution in [-0.2, 0) is 20.5 Å². The van der Waals surface area contributed by atoms with E-state index in [4.69, 9.17) is 0 Å². The maximum Gasteiger partial charge on any atom is 0.461 e. The van der Waals surface area contributed by atoms with Crippen LogP contribution in [0.2, 0.25) is 0 Å². The van der Waals surface area contributed by atoms with Crippen LogP contribution in [-0.4, -0.2) is 65.8 Å². The lowest BCUT2D eigenvalue weighted by Gasteiger charge is -2.37. The third-order valence-corrected chi connectivity index (χ3v) is 6.13. The first-order valence-electron chi connectivity index (χ1n) is 11.6. The van der Waals surface area contributed by atoms with E-state index in [2.05, 4.69) is 21.5 Å². The van der Waals surface area contributed by atoms with Gasteiger partial charge in [-0.15, -0.1) is 6.58 Å². The molecule has 8 nitrogen and oxygen atoms in total. The quantitative estimate of drug-likeness (QED) is 0.283. The normalized spacial score (nSPS) is 14.8. The topological polar surface area (TPSA) is 71.7 Å². The minimum Gasteiger partial charge on any atom is -0.426 e. The summed E-state index contributed by atoms with van der Waals surface area (Å²) in [5.74, 6) is 0.195. The summed E-state index contributed by atoms with van der Waals surface area (Å²) in [4.78, 5) is 28.8. The molecule has 3 rings (SSSR count). The Morgan fingerprint density at radius 1 is 1.11 bits per heavy atom. The van der Waals surface area contributed by atoms with Crippen LogP contribution in [0, 0.1) is 0 Å². The zero-order valence-electron chi connectivity index (χ0n) is 20.4. The molecular weight excluding hydrogens is 482 g/mol. The van der Waals surface area contributed by atoms with E-state index in [0.717, 1.165) is 17.5 Å². The highest BCUT2D eigenvalue weighted by molar-refractivity contribution is 5.59. The Balaban J connectivity index is 1.55. The number of hydrogen-bond donors (Lipinski definition) is 1. The van der Waals surface area contributed by atoms with Crippen molar-refractivity contribution in [1.82, 2.24) is 14.0 Å². The van der Waals surface area contributed by atoms with Gasteiger partial charge in [0.1, 0.15) is 11.6 Å². The molecular formula is C24H31F4N5O3. The summed E-state index contributed by atoms with van der Waals surface area (Å²) in [7, 11) is 3.05. The number of nitrogens with zero attached hydrogens (tertiary/aromatic N) is 4. The molecule has 0 bridgehead atoms. The number of aromatic nitrogens is 2. The van der Waals surface area contributed by atoms with Crippen molar-refractivity contribution >= 4 is 11.5 Å². The summed E-state index contributed by atoms with van der Waals surface area (Å²) in [6, 6.07) is 5.94. The number of rotatable bonds is 11. The number of ether oxygens (including phenoxy) is 1. The van der Waals surface area contributed by atoms with Crippen molar-refractivity contribution in [3.63, 3.8) is 0 Å². The third-order valence-electron chi connectivity index (χ3n) is 6.13. The third kappa shape index (κ3) is 6.10. The minimum atomic E-state index is -4.57. The number of hydrogen-bond acceptors (Lipinski definition) is 6. The highest BCUT2D eigenvalue weighted by atomic mass is 19.3. The smallest absolute Gasteiger partial charge is 0.426 e. The van der Waals surface area contributed by atoms with E-state index in [0.29, 0.717) is 56.2 Å². The molecule has 0 radical (unpaired) electrons. The second-order valence-corrected chi connectivity index (χ2v) is 8.57. The number of piperazine rings is 1. The van der Waals surface area contributed by atoms with Crippen molar-refractivity contribution in [2.45, 2.75) is 25.4 Å². The Hall–Kier alpha value is -3.28. The van der Waals surface area contributed by atoms with Gasteiger partial charge in [0.15, 0.2) is 0 Å². The molecule has 1 aliphatic rings. The zero-order valence-corrected chi connectivity index (χ0v) is 20.4. The lowest BCUT2D eigenvalue weighted by Crippen LogP contribution is -2.47. The van der Waals surface area contributed by atoms with Crippen LogP contribution in [0.3, 0.4) is 0 Å². The van der Waals surface area contributed by atoms with Crippen molar-refractivity contribution in [2.75, 3.05) is 49.5 Å². The second kappa shape index (κ2) is 11.6. The van der Waals surface area contributed by atoms with Gasteiger partial charge in [0.25, 0.3) is 5.56 Å². The van der Waals surface area contributed by atoms with Gasteiger partial charge < -0.3 is 15.0 Å². The first-order valence-corrected chi connectivity index (χ1v) is 11.6. The number of halogens is 4. The molecule has 0 aliphatic carbocycles. The molecule has 1 aromatic carbocycles. The molecule has 0 atom stereocenters. The predicted octanol–water partition coefficient (Wildman–Crippen LogP) is 2.67. The SMILES string of the molecule is C=CCc1c(NCCCN2CCN(c3ccccc3OC(F)(F)C(F)F)CC2)n(C)c(=O)n(C)c1=O. The molecule has 1 aliphatic heterocycles. The summed E-state index contributed by atoms with van der Waals surface area (Å²) in [5, 5.41) is 3.20. The lowest BCUT2D eigenvalue weighted by molar-refractivity contribution is -0.253. The van der Waals surface area contributed by atoms with Gasteiger partial charge in [0.05, 0.1) is 11.3 Å². The highest BCUT2D eigenvalue weighted by Gasteiger charge is 2.44. The van der Waals surface area contributed by atoms with Gasteiger partial charge in [-0.25, -0.2) is 4.79 Å². The Morgan fingerprint density at radius 3 is 2.42 bits per heavy atom. The molecule has 2 aromatic rings. The van der Waals surface area contributed by atoms with Crippen LogP contribution < -0.4 is 26.2 Å². The number of benzene rings is 1. The van der Waals surface area contributed by atoms with Gasteiger partial charge >= 0.3 is 18.2 Å². The Labute approximate surface area is 206 Å². The van der Waals surface area contributed by atoms with E-state index in [1.54, 1.807) is 25.3 Å². The van der Waals surface area contributed by atoms with Gasteiger partial charge in [-0.1, -0.05) is 18.2 Å². The van der Waals surface area contributed by atoms with E-state index >= 15 is 0 Å². The molecule has 12 heteroatoms. The predicted molar refractivity (Wildman–Crippen MR) is 131 cm³/mol. The molecule has 0 unspecified atom stereocenters. The molecule has 36 heavy (non-hydrogen) atoms. The molecule has 0 spiro atoms.